The maximum atomic E-state index is 14.2. The predicted molar refractivity (Wildman–Crippen MR) is 290 cm³/mol. The van der Waals surface area contributed by atoms with E-state index in [1.54, 1.807) is 30.3 Å². The van der Waals surface area contributed by atoms with E-state index < -0.39 is 191 Å². The van der Waals surface area contributed by atoms with Crippen molar-refractivity contribution in [1.29, 1.82) is 0 Å². The second kappa shape index (κ2) is 35.1. The van der Waals surface area contributed by atoms with Crippen molar-refractivity contribution in [2.45, 2.75) is 139 Å². The minimum absolute atomic E-state index is 0.166. The van der Waals surface area contributed by atoms with Gasteiger partial charge in [-0.25, -0.2) is 4.79 Å². The number of hydrogen-bond acceptors (Lipinski definition) is 20. The first-order valence-corrected chi connectivity index (χ1v) is 27.4. The van der Waals surface area contributed by atoms with E-state index in [0.29, 0.717) is 24.9 Å². The van der Waals surface area contributed by atoms with Gasteiger partial charge in [0, 0.05) is 32.1 Å². The number of nitrogens with one attached hydrogen (secondary N) is 9. The number of benzene rings is 2. The molecule has 0 aliphatic carbocycles. The molecule has 0 aliphatic rings. The Morgan fingerprint density at radius 3 is 1.55 bits per heavy atom. The zero-order chi connectivity index (χ0) is 62.7. The minimum Gasteiger partial charge on any atom is -0.481 e. The van der Waals surface area contributed by atoms with Gasteiger partial charge in [-0.05, 0) is 61.9 Å². The first kappa shape index (κ1) is 71.1. The first-order chi connectivity index (χ1) is 38.8. The van der Waals surface area contributed by atoms with Gasteiger partial charge in [-0.1, -0.05) is 56.3 Å². The predicted octanol–water partition coefficient (Wildman–Crippen LogP) is -7.68. The second-order valence-corrected chi connectivity index (χ2v) is 20.6. The number of carboxylic acid groups (broad SMARTS) is 2. The van der Waals surface area contributed by atoms with Gasteiger partial charge >= 0.3 is 20.1 Å². The van der Waals surface area contributed by atoms with Crippen molar-refractivity contribution >= 4 is 79.2 Å². The molecule has 0 saturated carbocycles. The summed E-state index contributed by atoms with van der Waals surface area (Å²) < 4.78 is 4.66. The third-order valence-corrected chi connectivity index (χ3v) is 12.5. The number of quaternary nitrogens is 1. The molecule has 0 heterocycles. The van der Waals surface area contributed by atoms with Crippen molar-refractivity contribution in [2.24, 2.45) is 28.9 Å². The van der Waals surface area contributed by atoms with E-state index in [9.17, 15) is 87.5 Å². The molecule has 2 aromatic carbocycles. The average Bonchev–Trinajstić information content (AvgIpc) is 3.47. The molecule has 0 saturated heterocycles. The molecule has 0 radical (unpaired) electrons. The highest BCUT2D eigenvalue weighted by Crippen LogP contribution is 2.46. The Hall–Kier alpha value is -8.01. The number of rotatable bonds is 38. The fourth-order valence-electron chi connectivity index (χ4n) is 7.60. The smallest absolute Gasteiger partial charge is 0.481 e. The lowest BCUT2D eigenvalue weighted by atomic mass is 10.0. The number of amides is 10. The average molecular weight is 1200 g/mol. The number of aliphatic carboxylic acids is 2. The van der Waals surface area contributed by atoms with Crippen LogP contribution in [0.25, 0.3) is 0 Å². The number of carbonyl (C=O) groups excluding carboxylic acids is 10. The van der Waals surface area contributed by atoms with Crippen LogP contribution in [0.1, 0.15) is 76.8 Å². The minimum atomic E-state index is -4.79. The standard InChI is InChI=1S/C49H75N14O19P/c1-24(2)39(63-40(69)25(3)56-41(70)29(50)10-7-19-55-49(53)54)47(76)58-31(16-18-38(67)68)43(72)60-33(22-37(52)66)45(74)57-30(15-17-36(51)65)42(71)59-32(20-27-11-13-28(14-12-27)82-83(79,80)81)44(73)62-35(23-64)46(75)61-34(48(77)78)21-26-8-5-4-6-9-26/h4-6,8-9,11-14,24-25,29-35,39,49,55,64,79-81H,7,10,15-23,50,53-54H2,1-3H3,(H13-,51,52,56,57,58,59,60,61,62,63,65,66,67,68,69,70,71,72,73,74,75,76,77,78)/p+2/t25-,29-,30-,31-,32-,33-,34-,35-,39-/m0/s1. The van der Waals surface area contributed by atoms with E-state index in [1.165, 1.54) is 32.9 Å². The zero-order valence-corrected chi connectivity index (χ0v) is 46.7. The van der Waals surface area contributed by atoms with Gasteiger partial charge in [0.2, 0.25) is 53.2 Å². The summed E-state index contributed by atoms with van der Waals surface area (Å²) in [6.45, 7) is 3.64. The molecule has 0 aromatic heterocycles. The van der Waals surface area contributed by atoms with Crippen LogP contribution in [-0.2, 0) is 70.4 Å². The fourth-order valence-corrected chi connectivity index (χ4v) is 8.01. The van der Waals surface area contributed by atoms with Crippen molar-refractivity contribution in [2.75, 3.05) is 13.2 Å². The van der Waals surface area contributed by atoms with Gasteiger partial charge in [-0.15, -0.1) is 0 Å². The molecule has 0 fully saturated rings. The molecule has 26 N–H and O–H groups in total. The highest BCUT2D eigenvalue weighted by Gasteiger charge is 2.37. The Morgan fingerprint density at radius 1 is 0.554 bits per heavy atom. The number of nitrogens with two attached hydrogens (primary N) is 4. The number of primary amides is 2. The number of aliphatic hydroxyl groups excluding tert-OH is 1. The Labute approximate surface area is 476 Å². The van der Waals surface area contributed by atoms with Crippen LogP contribution in [0, 0.1) is 5.92 Å². The molecular weight excluding hydrogens is 1120 g/mol. The lowest BCUT2D eigenvalue weighted by molar-refractivity contribution is -0.405. The highest BCUT2D eigenvalue weighted by atomic mass is 31.2. The topological polar surface area (TPSA) is 575 Å². The lowest BCUT2D eigenvalue weighted by Crippen LogP contribution is -2.69. The quantitative estimate of drug-likeness (QED) is 0.0169. The van der Waals surface area contributed by atoms with Crippen LogP contribution in [0.3, 0.4) is 0 Å². The van der Waals surface area contributed by atoms with E-state index in [2.05, 4.69) is 58.1 Å². The molecule has 10 amide bonds. The molecule has 33 nitrogen and oxygen atoms in total. The Bertz CT molecular complexity index is 2560. The maximum absolute atomic E-state index is 14.2. The Balaban J connectivity index is 2.45. The third-order valence-electron chi connectivity index (χ3n) is 12.0. The van der Waals surface area contributed by atoms with Crippen molar-refractivity contribution in [3.05, 3.63) is 65.7 Å². The molecule has 0 bridgehead atoms. The fraction of sp³-hybridized carbons (Fsp3) is 0.510. The summed E-state index contributed by atoms with van der Waals surface area (Å²) in [5.41, 5.74) is 26.2. The molecule has 0 aliphatic heterocycles. The normalized spacial score (nSPS) is 14.6. The van der Waals surface area contributed by atoms with Gasteiger partial charge in [0.05, 0.1) is 13.0 Å². The largest absolute Gasteiger partial charge is 0.613 e. The zero-order valence-electron chi connectivity index (χ0n) is 45.8. The lowest BCUT2D eigenvalue weighted by Gasteiger charge is -2.28. The summed E-state index contributed by atoms with van der Waals surface area (Å²) in [7, 11) is -4.79. The monoisotopic (exact) mass is 1200 g/mol. The van der Waals surface area contributed by atoms with Gasteiger partial charge in [0.15, 0.2) is 11.8 Å². The Kier molecular flexibility index (Phi) is 30.1. The van der Waals surface area contributed by atoms with Gasteiger partial charge in [-0.2, -0.15) is 14.7 Å². The van der Waals surface area contributed by atoms with Gasteiger partial charge in [0.1, 0.15) is 54.6 Å². The summed E-state index contributed by atoms with van der Waals surface area (Å²) in [4.78, 5) is 186. The van der Waals surface area contributed by atoms with Crippen LogP contribution in [0.4, 0.5) is 0 Å². The van der Waals surface area contributed by atoms with Crippen LogP contribution in [-0.4, -0.2) is 175 Å². The molecule has 83 heavy (non-hydrogen) atoms. The highest BCUT2D eigenvalue weighted by molar-refractivity contribution is 7.53. The van der Waals surface area contributed by atoms with E-state index in [1.807, 2.05) is 0 Å². The summed E-state index contributed by atoms with van der Waals surface area (Å²) in [5.74, 6) is -14.8. The van der Waals surface area contributed by atoms with Gasteiger partial charge < -0.3 is 86.5 Å². The van der Waals surface area contributed by atoms with Crippen molar-refractivity contribution in [3.63, 3.8) is 0 Å². The first-order valence-electron chi connectivity index (χ1n) is 25.8. The molecule has 0 unspecified atom stereocenters. The van der Waals surface area contributed by atoms with Gasteiger partial charge in [-0.3, -0.25) is 62.6 Å². The molecule has 2 rings (SSSR count). The van der Waals surface area contributed by atoms with Gasteiger partial charge in [0.25, 0.3) is 5.91 Å². The van der Waals surface area contributed by atoms with Crippen LogP contribution >= 0.6 is 8.17 Å². The number of hydrogen-bond donors (Lipinski definition) is 20. The molecule has 2 aromatic rings. The Morgan fingerprint density at radius 2 is 1.04 bits per heavy atom. The number of carbonyl (C=O) groups is 12. The maximum Gasteiger partial charge on any atom is 0.613 e. The van der Waals surface area contributed by atoms with E-state index in [4.69, 9.17) is 22.9 Å². The van der Waals surface area contributed by atoms with E-state index in [-0.39, 0.29) is 17.7 Å². The molecule has 9 atom stereocenters. The van der Waals surface area contributed by atoms with E-state index >= 15 is 0 Å². The van der Waals surface area contributed by atoms with Crippen LogP contribution in [0.2, 0.25) is 0 Å². The van der Waals surface area contributed by atoms with Crippen molar-refractivity contribution in [3.8, 4) is 5.75 Å². The number of aliphatic hydroxyl groups is 1. The van der Waals surface area contributed by atoms with Crippen LogP contribution in [0.5, 0.6) is 5.75 Å². The third kappa shape index (κ3) is 27.5. The summed E-state index contributed by atoms with van der Waals surface area (Å²) >= 11 is 0. The van der Waals surface area contributed by atoms with Crippen LogP contribution < -0.4 is 81.0 Å². The summed E-state index contributed by atoms with van der Waals surface area (Å²) in [5, 5.41) is 51.0. The molecule has 34 heteroatoms. The van der Waals surface area contributed by atoms with E-state index in [0.717, 1.165) is 12.1 Å². The number of carboxylic acids is 2. The van der Waals surface area contributed by atoms with Crippen LogP contribution in [0.15, 0.2) is 54.6 Å². The molecular formula is C49H77N14O19P+2. The summed E-state index contributed by atoms with van der Waals surface area (Å²) in [6.07, 6.45) is -4.38. The van der Waals surface area contributed by atoms with Crippen molar-refractivity contribution < 1.29 is 97.8 Å². The summed E-state index contributed by atoms with van der Waals surface area (Å²) in [6, 6.07) is -1.47. The molecule has 0 spiro atoms. The molecule has 460 valence electrons. The SMILES string of the molecule is CC(C)[C@H](NC(=O)[C@H](C)NC(=O)[C@@H]([NH3+])CCCNC(N)N)C(=O)N[C@@H](CCC(=O)O)C(=O)N[C@@H](CC(N)=O)C(=O)N[C@@H](CCC(N)=O)C(=O)N[C@@H](Cc1ccc(O[P+](O)(O)O)cc1)C(=O)N[C@@H](CO)C(=O)N[C@@H](Cc1ccccc1)C(=O)O. The second-order valence-electron chi connectivity index (χ2n) is 19.4. The van der Waals surface area contributed by atoms with Crippen molar-refractivity contribution in [1.82, 2.24) is 47.9 Å².